The molecule has 0 aliphatic rings. The number of sulfonamides is 1. The highest BCUT2D eigenvalue weighted by molar-refractivity contribution is 9.10. The number of benzene rings is 1. The van der Waals surface area contributed by atoms with E-state index in [0.29, 0.717) is 4.47 Å². The van der Waals surface area contributed by atoms with Crippen LogP contribution in [0, 0.1) is 0 Å². The first kappa shape index (κ1) is 15.6. The predicted octanol–water partition coefficient (Wildman–Crippen LogP) is 1.11. The van der Waals surface area contributed by atoms with Crippen LogP contribution in [-0.2, 0) is 19.9 Å². The van der Waals surface area contributed by atoms with Gasteiger partial charge in [-0.05, 0) is 28.1 Å². The number of nitrogens with zero attached hydrogens (tertiary/aromatic N) is 1. The summed E-state index contributed by atoms with van der Waals surface area (Å²) in [6.45, 7) is -0.0670. The van der Waals surface area contributed by atoms with Gasteiger partial charge in [-0.15, -0.1) is 0 Å². The van der Waals surface area contributed by atoms with Gasteiger partial charge in [-0.2, -0.15) is 4.31 Å². The lowest BCUT2D eigenvalue weighted by Gasteiger charge is -2.17. The zero-order valence-corrected chi connectivity index (χ0v) is 13.2. The van der Waals surface area contributed by atoms with Crippen molar-refractivity contribution in [2.75, 3.05) is 25.6 Å². The molecule has 102 valence electrons. The average molecular weight is 356 g/mol. The minimum absolute atomic E-state index is 0.0670. The summed E-state index contributed by atoms with van der Waals surface area (Å²) in [5.74, 6) is -0.201. The summed E-state index contributed by atoms with van der Waals surface area (Å²) >= 11 is 3.17. The molecule has 0 unspecified atom stereocenters. The highest BCUT2D eigenvalue weighted by atomic mass is 79.9. The summed E-state index contributed by atoms with van der Waals surface area (Å²) in [6, 6.07) is 6.41. The minimum Gasteiger partial charge on any atom is -0.229 e. The molecule has 1 aromatic rings. The second kappa shape index (κ2) is 5.68. The van der Waals surface area contributed by atoms with Gasteiger partial charge in [0.05, 0.1) is 10.6 Å². The largest absolute Gasteiger partial charge is 0.243 e. The second-order valence-electron chi connectivity index (χ2n) is 3.89. The van der Waals surface area contributed by atoms with Crippen LogP contribution in [0.4, 0.5) is 0 Å². The van der Waals surface area contributed by atoms with E-state index in [1.54, 1.807) is 18.2 Å². The van der Waals surface area contributed by atoms with Crippen molar-refractivity contribution in [2.24, 2.45) is 0 Å². The van der Waals surface area contributed by atoms with Crippen LogP contribution >= 0.6 is 15.9 Å². The lowest BCUT2D eigenvalue weighted by molar-refractivity contribution is 0.484. The summed E-state index contributed by atoms with van der Waals surface area (Å²) in [4.78, 5) is 0.126. The van der Waals surface area contributed by atoms with Crippen LogP contribution in [0.2, 0.25) is 0 Å². The van der Waals surface area contributed by atoms with Crippen LogP contribution in [0.15, 0.2) is 33.6 Å². The molecule has 0 saturated heterocycles. The van der Waals surface area contributed by atoms with Gasteiger partial charge in [0.2, 0.25) is 10.0 Å². The fraction of sp³-hybridized carbons (Fsp3) is 0.400. The van der Waals surface area contributed by atoms with Crippen molar-refractivity contribution in [3.63, 3.8) is 0 Å². The molecule has 0 heterocycles. The van der Waals surface area contributed by atoms with Crippen molar-refractivity contribution in [3.05, 3.63) is 28.7 Å². The molecule has 1 rings (SSSR count). The van der Waals surface area contributed by atoms with E-state index in [9.17, 15) is 16.8 Å². The normalized spacial score (nSPS) is 12.9. The summed E-state index contributed by atoms with van der Waals surface area (Å²) in [6.07, 6.45) is 1.08. The van der Waals surface area contributed by atoms with Crippen LogP contribution < -0.4 is 0 Å². The van der Waals surface area contributed by atoms with E-state index < -0.39 is 19.9 Å². The van der Waals surface area contributed by atoms with E-state index in [1.807, 2.05) is 0 Å². The Balaban J connectivity index is 2.98. The molecule has 5 nitrogen and oxygen atoms in total. The first-order valence-corrected chi connectivity index (χ1v) is 9.32. The summed E-state index contributed by atoms with van der Waals surface area (Å²) in [7, 11) is -5.50. The predicted molar refractivity (Wildman–Crippen MR) is 73.7 cm³/mol. The molecule has 0 amide bonds. The van der Waals surface area contributed by atoms with Crippen molar-refractivity contribution in [1.29, 1.82) is 0 Å². The molecule has 0 N–H and O–H groups in total. The topological polar surface area (TPSA) is 71.5 Å². The number of sulfone groups is 1. The molecule has 0 radical (unpaired) electrons. The van der Waals surface area contributed by atoms with E-state index in [4.69, 9.17) is 0 Å². The quantitative estimate of drug-likeness (QED) is 0.793. The Morgan fingerprint density at radius 2 is 1.72 bits per heavy atom. The fourth-order valence-corrected chi connectivity index (χ4v) is 4.09. The Bertz CT molecular complexity index is 625. The minimum atomic E-state index is -3.67. The van der Waals surface area contributed by atoms with Gasteiger partial charge in [0.1, 0.15) is 9.84 Å². The van der Waals surface area contributed by atoms with E-state index >= 15 is 0 Å². The van der Waals surface area contributed by atoms with Crippen LogP contribution in [0.1, 0.15) is 0 Å². The third-order valence-electron chi connectivity index (χ3n) is 2.30. The molecule has 0 saturated carbocycles. The second-order valence-corrected chi connectivity index (χ2v) is 9.01. The highest BCUT2D eigenvalue weighted by Gasteiger charge is 2.23. The van der Waals surface area contributed by atoms with Crippen molar-refractivity contribution >= 4 is 35.8 Å². The molecule has 0 aromatic heterocycles. The molecule has 0 atom stereocenters. The van der Waals surface area contributed by atoms with Crippen LogP contribution in [0.25, 0.3) is 0 Å². The van der Waals surface area contributed by atoms with Gasteiger partial charge >= 0.3 is 0 Å². The maximum Gasteiger partial charge on any atom is 0.243 e. The summed E-state index contributed by atoms with van der Waals surface area (Å²) in [5, 5.41) is 0. The molecule has 18 heavy (non-hydrogen) atoms. The van der Waals surface area contributed by atoms with Gasteiger partial charge in [0, 0.05) is 24.3 Å². The van der Waals surface area contributed by atoms with Gasteiger partial charge < -0.3 is 0 Å². The van der Waals surface area contributed by atoms with Gasteiger partial charge in [0.25, 0.3) is 0 Å². The van der Waals surface area contributed by atoms with E-state index in [1.165, 1.54) is 13.1 Å². The van der Waals surface area contributed by atoms with Crippen molar-refractivity contribution in [2.45, 2.75) is 4.90 Å². The zero-order chi connectivity index (χ0) is 14.0. The van der Waals surface area contributed by atoms with Gasteiger partial charge in [-0.3, -0.25) is 0 Å². The summed E-state index contributed by atoms with van der Waals surface area (Å²) < 4.78 is 47.9. The highest BCUT2D eigenvalue weighted by Crippen LogP contribution is 2.23. The van der Waals surface area contributed by atoms with E-state index in [2.05, 4.69) is 15.9 Å². The number of hydrogen-bond donors (Lipinski definition) is 0. The van der Waals surface area contributed by atoms with Crippen LogP contribution in [0.5, 0.6) is 0 Å². The van der Waals surface area contributed by atoms with Gasteiger partial charge in [0.15, 0.2) is 0 Å². The summed E-state index contributed by atoms with van der Waals surface area (Å²) in [5.41, 5.74) is 0. The van der Waals surface area contributed by atoms with Gasteiger partial charge in [-0.1, -0.05) is 12.1 Å². The van der Waals surface area contributed by atoms with Crippen LogP contribution in [0.3, 0.4) is 0 Å². The number of rotatable bonds is 5. The van der Waals surface area contributed by atoms with Crippen molar-refractivity contribution in [1.82, 2.24) is 4.31 Å². The molecule has 8 heteroatoms. The van der Waals surface area contributed by atoms with E-state index in [0.717, 1.165) is 10.6 Å². The van der Waals surface area contributed by atoms with Crippen LogP contribution in [-0.4, -0.2) is 46.7 Å². The number of halogens is 1. The number of hydrogen-bond acceptors (Lipinski definition) is 4. The molecule has 0 aliphatic heterocycles. The van der Waals surface area contributed by atoms with Crippen molar-refractivity contribution in [3.8, 4) is 0 Å². The van der Waals surface area contributed by atoms with E-state index in [-0.39, 0.29) is 17.2 Å². The maximum atomic E-state index is 12.2. The lowest BCUT2D eigenvalue weighted by atomic mass is 10.4. The first-order chi connectivity index (χ1) is 8.14. The molecule has 0 fully saturated rings. The Kier molecular flexibility index (Phi) is 4.93. The lowest BCUT2D eigenvalue weighted by Crippen LogP contribution is -2.31. The zero-order valence-electron chi connectivity index (χ0n) is 10.00. The standard InChI is InChI=1S/C10H14BrNO4S2/c1-12(7-8-17(2,13)14)18(15,16)10-6-4-3-5-9(10)11/h3-6H,7-8H2,1-2H3. The molecule has 0 aliphatic carbocycles. The average Bonchev–Trinajstić information content (AvgIpc) is 2.25. The molecule has 0 bridgehead atoms. The smallest absolute Gasteiger partial charge is 0.229 e. The third-order valence-corrected chi connectivity index (χ3v) is 6.09. The Labute approximate surface area is 116 Å². The monoisotopic (exact) mass is 355 g/mol. The molecule has 1 aromatic carbocycles. The SMILES string of the molecule is CN(CCS(C)(=O)=O)S(=O)(=O)c1ccccc1Br. The fourth-order valence-electron chi connectivity index (χ4n) is 1.24. The Morgan fingerprint density at radius 3 is 2.22 bits per heavy atom. The Morgan fingerprint density at radius 1 is 1.17 bits per heavy atom. The molecular weight excluding hydrogens is 342 g/mol. The maximum absolute atomic E-state index is 12.2. The molecule has 0 spiro atoms. The van der Waals surface area contributed by atoms with Gasteiger partial charge in [-0.25, -0.2) is 16.8 Å². The third kappa shape index (κ3) is 4.04. The van der Waals surface area contributed by atoms with Crippen molar-refractivity contribution < 1.29 is 16.8 Å². The Hall–Kier alpha value is -0.440. The first-order valence-electron chi connectivity index (χ1n) is 5.03. The molecular formula is C10H14BrNO4S2.